The normalized spacial score (nSPS) is 9.78. The molecule has 0 aliphatic rings. The van der Waals surface area contributed by atoms with Gasteiger partial charge in [-0.2, -0.15) is 0 Å². The number of benzene rings is 2. The summed E-state index contributed by atoms with van der Waals surface area (Å²) in [5, 5.41) is 3.38. The fraction of sp³-hybridized carbons (Fsp3) is 0.176. The van der Waals surface area contributed by atoms with E-state index in [0.717, 1.165) is 24.2 Å². The fourth-order valence-electron chi connectivity index (χ4n) is 1.82. The third-order valence-corrected chi connectivity index (χ3v) is 2.96. The lowest BCUT2D eigenvalue weighted by atomic mass is 10.1. The molecule has 0 aliphatic carbocycles. The van der Waals surface area contributed by atoms with Crippen LogP contribution in [-0.2, 0) is 13.0 Å². The first-order valence-electron chi connectivity index (χ1n) is 6.20. The lowest BCUT2D eigenvalue weighted by Crippen LogP contribution is -1.99. The van der Waals surface area contributed by atoms with Crippen molar-refractivity contribution in [3.8, 4) is 12.3 Å². The topological polar surface area (TPSA) is 12.0 Å². The Morgan fingerprint density at radius 3 is 2.44 bits per heavy atom. The van der Waals surface area contributed by atoms with E-state index < -0.39 is 0 Å². The molecule has 0 atom stereocenters. The Labute approximate surface area is 109 Å². The molecule has 0 bridgehead atoms. The summed E-state index contributed by atoms with van der Waals surface area (Å²) in [5.41, 5.74) is 4.61. The van der Waals surface area contributed by atoms with Gasteiger partial charge in [0.05, 0.1) is 0 Å². The van der Waals surface area contributed by atoms with Crippen LogP contribution < -0.4 is 5.32 Å². The molecular weight excluding hydrogens is 218 g/mol. The first-order valence-corrected chi connectivity index (χ1v) is 6.20. The Bertz CT molecular complexity index is 547. The second-order valence-corrected chi connectivity index (χ2v) is 4.25. The van der Waals surface area contributed by atoms with E-state index in [0.29, 0.717) is 0 Å². The molecule has 0 aromatic heterocycles. The third-order valence-electron chi connectivity index (χ3n) is 2.96. The van der Waals surface area contributed by atoms with Crippen molar-refractivity contribution in [1.82, 2.24) is 0 Å². The molecule has 1 heteroatoms. The Kier molecular flexibility index (Phi) is 4.04. The first kappa shape index (κ1) is 12.3. The van der Waals surface area contributed by atoms with Crippen molar-refractivity contribution >= 4 is 5.69 Å². The van der Waals surface area contributed by atoms with E-state index in [4.69, 9.17) is 6.42 Å². The van der Waals surface area contributed by atoms with Crippen LogP contribution in [0.2, 0.25) is 0 Å². The van der Waals surface area contributed by atoms with E-state index >= 15 is 0 Å². The van der Waals surface area contributed by atoms with Crippen LogP contribution in [0.15, 0.2) is 48.5 Å². The van der Waals surface area contributed by atoms with Crippen LogP contribution in [0.1, 0.15) is 23.6 Å². The number of anilines is 1. The lowest BCUT2D eigenvalue weighted by molar-refractivity contribution is 1.11. The van der Waals surface area contributed by atoms with Crippen molar-refractivity contribution in [3.63, 3.8) is 0 Å². The minimum atomic E-state index is 0.817. The summed E-state index contributed by atoms with van der Waals surface area (Å²) >= 11 is 0. The molecule has 1 N–H and O–H groups in total. The van der Waals surface area contributed by atoms with Gasteiger partial charge in [-0.3, -0.25) is 0 Å². The summed E-state index contributed by atoms with van der Waals surface area (Å²) in [6.45, 7) is 2.98. The summed E-state index contributed by atoms with van der Waals surface area (Å²) < 4.78 is 0. The molecule has 0 aliphatic heterocycles. The summed E-state index contributed by atoms with van der Waals surface area (Å²) in [5.74, 6) is 2.64. The lowest BCUT2D eigenvalue weighted by Gasteiger charge is -2.07. The molecule has 0 saturated heterocycles. The van der Waals surface area contributed by atoms with Crippen LogP contribution in [0, 0.1) is 12.3 Å². The predicted octanol–water partition coefficient (Wildman–Crippen LogP) is 3.84. The molecule has 0 fully saturated rings. The highest BCUT2D eigenvalue weighted by atomic mass is 14.9. The van der Waals surface area contributed by atoms with Gasteiger partial charge in [0.2, 0.25) is 0 Å². The summed E-state index contributed by atoms with van der Waals surface area (Å²) in [4.78, 5) is 0. The molecule has 2 rings (SSSR count). The summed E-state index contributed by atoms with van der Waals surface area (Å²) in [6.07, 6.45) is 6.46. The zero-order chi connectivity index (χ0) is 12.8. The average Bonchev–Trinajstić information content (AvgIpc) is 2.46. The molecule has 0 radical (unpaired) electrons. The van der Waals surface area contributed by atoms with Crippen LogP contribution in [-0.4, -0.2) is 0 Å². The van der Waals surface area contributed by atoms with Gasteiger partial charge in [0.1, 0.15) is 0 Å². The summed E-state index contributed by atoms with van der Waals surface area (Å²) in [6, 6.07) is 16.6. The number of aryl methyl sites for hydroxylation is 1. The predicted molar refractivity (Wildman–Crippen MR) is 77.5 cm³/mol. The molecule has 0 spiro atoms. The van der Waals surface area contributed by atoms with Gasteiger partial charge in [0, 0.05) is 17.8 Å². The van der Waals surface area contributed by atoms with Crippen molar-refractivity contribution < 1.29 is 0 Å². The van der Waals surface area contributed by atoms with Gasteiger partial charge in [-0.15, -0.1) is 6.42 Å². The number of rotatable bonds is 4. The Morgan fingerprint density at radius 2 is 1.78 bits per heavy atom. The monoisotopic (exact) mass is 235 g/mol. The number of hydrogen-bond donors (Lipinski definition) is 1. The van der Waals surface area contributed by atoms with Crippen molar-refractivity contribution in [2.75, 3.05) is 5.32 Å². The quantitative estimate of drug-likeness (QED) is 0.794. The second kappa shape index (κ2) is 5.93. The molecule has 1 nitrogen and oxygen atoms in total. The summed E-state index contributed by atoms with van der Waals surface area (Å²) in [7, 11) is 0. The van der Waals surface area contributed by atoms with Gasteiger partial charge < -0.3 is 5.32 Å². The van der Waals surface area contributed by atoms with Gasteiger partial charge >= 0.3 is 0 Å². The van der Waals surface area contributed by atoms with E-state index in [1.807, 2.05) is 24.3 Å². The zero-order valence-corrected chi connectivity index (χ0v) is 10.6. The van der Waals surface area contributed by atoms with Crippen molar-refractivity contribution in [1.29, 1.82) is 0 Å². The molecule has 2 aromatic rings. The van der Waals surface area contributed by atoms with Crippen molar-refractivity contribution in [2.24, 2.45) is 0 Å². The highest BCUT2D eigenvalue weighted by Crippen LogP contribution is 2.12. The minimum Gasteiger partial charge on any atom is -0.381 e. The highest BCUT2D eigenvalue weighted by molar-refractivity contribution is 5.50. The van der Waals surface area contributed by atoms with E-state index in [1.165, 1.54) is 11.1 Å². The first-order chi connectivity index (χ1) is 8.81. The Balaban J connectivity index is 2.00. The SMILES string of the molecule is C#Cc1cccc(NCc2ccc(CC)cc2)c1. The maximum atomic E-state index is 5.38. The van der Waals surface area contributed by atoms with Crippen LogP contribution in [0.25, 0.3) is 0 Å². The minimum absolute atomic E-state index is 0.817. The molecule has 2 aromatic carbocycles. The van der Waals surface area contributed by atoms with Crippen molar-refractivity contribution in [3.05, 3.63) is 65.2 Å². The van der Waals surface area contributed by atoms with E-state index in [-0.39, 0.29) is 0 Å². The molecule has 18 heavy (non-hydrogen) atoms. The maximum absolute atomic E-state index is 5.38. The fourth-order valence-corrected chi connectivity index (χ4v) is 1.82. The van der Waals surface area contributed by atoms with Crippen molar-refractivity contribution in [2.45, 2.75) is 19.9 Å². The number of hydrogen-bond acceptors (Lipinski definition) is 1. The molecule has 90 valence electrons. The molecular formula is C17H17N. The molecule has 0 heterocycles. The largest absolute Gasteiger partial charge is 0.381 e. The highest BCUT2D eigenvalue weighted by Gasteiger charge is 1.95. The van der Waals surface area contributed by atoms with Gasteiger partial charge in [0.15, 0.2) is 0 Å². The average molecular weight is 235 g/mol. The number of nitrogens with one attached hydrogen (secondary N) is 1. The number of terminal acetylenes is 1. The standard InChI is InChI=1S/C17H17N/c1-3-14-8-10-16(11-9-14)13-18-17-7-5-6-15(4-2)12-17/h2,5-12,18H,3,13H2,1H3. The van der Waals surface area contributed by atoms with Crippen LogP contribution in [0.3, 0.4) is 0 Å². The van der Waals surface area contributed by atoms with Gasteiger partial charge in [-0.05, 0) is 35.7 Å². The molecule has 0 amide bonds. The van der Waals surface area contributed by atoms with Gasteiger partial charge in [-0.25, -0.2) is 0 Å². The Morgan fingerprint density at radius 1 is 1.06 bits per heavy atom. The van der Waals surface area contributed by atoms with Crippen LogP contribution in [0.5, 0.6) is 0 Å². The van der Waals surface area contributed by atoms with E-state index in [1.54, 1.807) is 0 Å². The third kappa shape index (κ3) is 3.15. The van der Waals surface area contributed by atoms with Gasteiger partial charge in [-0.1, -0.05) is 43.2 Å². The second-order valence-electron chi connectivity index (χ2n) is 4.25. The molecule has 0 unspecified atom stereocenters. The van der Waals surface area contributed by atoms with E-state index in [2.05, 4.69) is 42.4 Å². The molecule has 0 saturated carbocycles. The Hall–Kier alpha value is -2.20. The van der Waals surface area contributed by atoms with E-state index in [9.17, 15) is 0 Å². The van der Waals surface area contributed by atoms with Gasteiger partial charge in [0.25, 0.3) is 0 Å². The maximum Gasteiger partial charge on any atom is 0.0400 e. The van der Waals surface area contributed by atoms with Crippen LogP contribution in [0.4, 0.5) is 5.69 Å². The van der Waals surface area contributed by atoms with Crippen LogP contribution >= 0.6 is 0 Å². The zero-order valence-electron chi connectivity index (χ0n) is 10.6. The smallest absolute Gasteiger partial charge is 0.0400 e.